The Morgan fingerprint density at radius 1 is 1.25 bits per heavy atom. The first-order valence-corrected chi connectivity index (χ1v) is 8.36. The molecule has 0 fully saturated rings. The van der Waals surface area contributed by atoms with Crippen LogP contribution in [0.25, 0.3) is 0 Å². The maximum Gasteiger partial charge on any atom is 0.344 e. The Morgan fingerprint density at radius 2 is 1.69 bits per heavy atom. The van der Waals surface area contributed by atoms with Gasteiger partial charge in [-0.15, -0.1) is 18.3 Å². The summed E-state index contributed by atoms with van der Waals surface area (Å²) in [7, 11) is -3.07. The number of hydrogen-bond donors (Lipinski definition) is 0. The first kappa shape index (κ1) is 16.2. The second-order valence-corrected chi connectivity index (χ2v) is 7.58. The molecule has 0 amide bonds. The van der Waals surface area contributed by atoms with E-state index in [1.54, 1.807) is 6.08 Å². The minimum atomic E-state index is -3.07. The van der Waals surface area contributed by atoms with Crippen LogP contribution in [0, 0.1) is 0 Å². The average Bonchev–Trinajstić information content (AvgIpc) is 2.10. The summed E-state index contributed by atoms with van der Waals surface area (Å²) in [6.45, 7) is 11.1. The molecule has 0 heterocycles. The molecular weight excluding hydrogens is 243 g/mol. The Morgan fingerprint density at radius 3 is 1.94 bits per heavy atom. The lowest BCUT2D eigenvalue weighted by atomic mass is 10.5. The fourth-order valence-corrected chi connectivity index (χ4v) is 4.81. The highest BCUT2D eigenvalue weighted by molar-refractivity contribution is 8.04. The number of hydrogen-bond acceptors (Lipinski definition) is 4. The van der Waals surface area contributed by atoms with E-state index in [-0.39, 0.29) is 17.2 Å². The van der Waals surface area contributed by atoms with Gasteiger partial charge in [0.2, 0.25) is 0 Å². The molecule has 16 heavy (non-hydrogen) atoms. The van der Waals surface area contributed by atoms with Gasteiger partial charge in [0, 0.05) is 0 Å². The van der Waals surface area contributed by atoms with E-state index < -0.39 is 7.60 Å². The molecule has 0 bridgehead atoms. The molecule has 0 aromatic rings. The van der Waals surface area contributed by atoms with Crippen LogP contribution >= 0.6 is 19.4 Å². The molecule has 0 saturated carbocycles. The smallest absolute Gasteiger partial charge is 0.305 e. The molecule has 0 saturated heterocycles. The number of rotatable bonds is 8. The maximum atomic E-state index is 12.6. The van der Waals surface area contributed by atoms with Gasteiger partial charge in [0.1, 0.15) is 4.99 Å². The van der Waals surface area contributed by atoms with Crippen molar-refractivity contribution in [3.8, 4) is 0 Å². The van der Waals surface area contributed by atoms with Crippen molar-refractivity contribution in [1.29, 1.82) is 0 Å². The predicted octanol–water partition coefficient (Wildman–Crippen LogP) is 4.29. The highest BCUT2D eigenvalue weighted by Crippen LogP contribution is 2.59. The van der Waals surface area contributed by atoms with Crippen LogP contribution in [0.2, 0.25) is 0 Å². The van der Waals surface area contributed by atoms with Gasteiger partial charge in [0.15, 0.2) is 0 Å². The van der Waals surface area contributed by atoms with Gasteiger partial charge in [-0.25, -0.2) is 0 Å². The number of thioether (sulfide) groups is 1. The molecule has 0 rings (SSSR count). The third-order valence-electron chi connectivity index (χ3n) is 1.71. The molecule has 0 aromatic heterocycles. The van der Waals surface area contributed by atoms with Crippen LogP contribution in [0.3, 0.4) is 0 Å². The normalized spacial score (nSPS) is 14.4. The summed E-state index contributed by atoms with van der Waals surface area (Å²) in [6, 6.07) is 0. The van der Waals surface area contributed by atoms with Gasteiger partial charge >= 0.3 is 7.60 Å². The van der Waals surface area contributed by atoms with Crippen molar-refractivity contribution in [2.75, 3.05) is 6.26 Å². The highest BCUT2D eigenvalue weighted by atomic mass is 32.2. The maximum absolute atomic E-state index is 12.6. The second kappa shape index (κ2) is 7.54. The van der Waals surface area contributed by atoms with E-state index in [9.17, 15) is 4.57 Å². The molecular formula is C11H23O3PS. The minimum absolute atomic E-state index is 0.107. The molecule has 0 N–H and O–H groups in total. The van der Waals surface area contributed by atoms with E-state index in [1.165, 1.54) is 11.8 Å². The molecule has 1 unspecified atom stereocenters. The Hall–Kier alpha value is 0.240. The minimum Gasteiger partial charge on any atom is -0.305 e. The topological polar surface area (TPSA) is 35.5 Å². The van der Waals surface area contributed by atoms with Crippen LogP contribution in [0.15, 0.2) is 12.7 Å². The monoisotopic (exact) mass is 266 g/mol. The van der Waals surface area contributed by atoms with Gasteiger partial charge in [-0.1, -0.05) is 6.08 Å². The van der Waals surface area contributed by atoms with Crippen molar-refractivity contribution in [2.45, 2.75) is 51.3 Å². The summed E-state index contributed by atoms with van der Waals surface area (Å²) in [6.07, 6.45) is 4.07. The summed E-state index contributed by atoms with van der Waals surface area (Å²) in [4.78, 5) is -0.171. The van der Waals surface area contributed by atoms with Crippen LogP contribution in [0.1, 0.15) is 34.1 Å². The first-order chi connectivity index (χ1) is 7.35. The van der Waals surface area contributed by atoms with E-state index in [1.807, 2.05) is 34.0 Å². The standard InChI is InChI=1S/C11H23O3PS/c1-7-8-11(16-6)15(12,13-9(2)3)14-10(4)5/h7,9-11H,1,8H2,2-6H3. The van der Waals surface area contributed by atoms with Crippen LogP contribution < -0.4 is 0 Å². The molecule has 5 heteroatoms. The van der Waals surface area contributed by atoms with Crippen LogP contribution in [-0.2, 0) is 13.6 Å². The summed E-state index contributed by atoms with van der Waals surface area (Å²) >= 11 is 1.50. The predicted molar refractivity (Wildman–Crippen MR) is 72.2 cm³/mol. The molecule has 3 nitrogen and oxygen atoms in total. The van der Waals surface area contributed by atoms with E-state index in [2.05, 4.69) is 6.58 Å². The SMILES string of the molecule is C=CCC(SC)P(=O)(OC(C)C)OC(C)C. The fraction of sp³-hybridized carbons (Fsp3) is 0.818. The summed E-state index contributed by atoms with van der Waals surface area (Å²) < 4.78 is 23.7. The van der Waals surface area contributed by atoms with Crippen LogP contribution in [0.5, 0.6) is 0 Å². The first-order valence-electron chi connectivity index (χ1n) is 5.46. The summed E-state index contributed by atoms with van der Waals surface area (Å²) in [5, 5.41) is 0. The van der Waals surface area contributed by atoms with Gasteiger partial charge in [-0.2, -0.15) is 0 Å². The molecule has 0 aromatic carbocycles. The van der Waals surface area contributed by atoms with Crippen molar-refractivity contribution in [3.05, 3.63) is 12.7 Å². The molecule has 96 valence electrons. The van der Waals surface area contributed by atoms with Gasteiger partial charge < -0.3 is 9.05 Å². The third kappa shape index (κ3) is 5.53. The van der Waals surface area contributed by atoms with E-state index >= 15 is 0 Å². The van der Waals surface area contributed by atoms with E-state index in [0.29, 0.717) is 6.42 Å². The van der Waals surface area contributed by atoms with Gasteiger partial charge in [0.05, 0.1) is 12.2 Å². The quantitative estimate of drug-likeness (QED) is 0.485. The van der Waals surface area contributed by atoms with Crippen molar-refractivity contribution < 1.29 is 13.6 Å². The Bertz CT molecular complexity index is 240. The fourth-order valence-electron chi connectivity index (χ4n) is 1.25. The van der Waals surface area contributed by atoms with Crippen molar-refractivity contribution >= 4 is 19.4 Å². The highest BCUT2D eigenvalue weighted by Gasteiger charge is 2.36. The molecule has 1 atom stereocenters. The van der Waals surface area contributed by atoms with Gasteiger partial charge in [-0.3, -0.25) is 4.57 Å². The van der Waals surface area contributed by atoms with Crippen LogP contribution in [0.4, 0.5) is 0 Å². The Kier molecular flexibility index (Phi) is 7.66. The van der Waals surface area contributed by atoms with Crippen LogP contribution in [-0.4, -0.2) is 23.5 Å². The zero-order chi connectivity index (χ0) is 12.8. The second-order valence-electron chi connectivity index (χ2n) is 4.06. The van der Waals surface area contributed by atoms with E-state index in [0.717, 1.165) is 0 Å². The van der Waals surface area contributed by atoms with Gasteiger partial charge in [-0.05, 0) is 40.4 Å². The lowest BCUT2D eigenvalue weighted by molar-refractivity contribution is 0.141. The Balaban J connectivity index is 4.86. The average molecular weight is 266 g/mol. The lowest BCUT2D eigenvalue weighted by Crippen LogP contribution is -2.15. The third-order valence-corrected chi connectivity index (χ3v) is 6.20. The molecule has 0 radical (unpaired) electrons. The van der Waals surface area contributed by atoms with Crippen molar-refractivity contribution in [3.63, 3.8) is 0 Å². The zero-order valence-corrected chi connectivity index (χ0v) is 12.5. The molecule has 0 aliphatic rings. The Labute approximate surface area is 104 Å². The van der Waals surface area contributed by atoms with Crippen molar-refractivity contribution in [1.82, 2.24) is 0 Å². The summed E-state index contributed by atoms with van der Waals surface area (Å²) in [5.41, 5.74) is 0. The van der Waals surface area contributed by atoms with Gasteiger partial charge in [0.25, 0.3) is 0 Å². The molecule has 0 aliphatic carbocycles. The summed E-state index contributed by atoms with van der Waals surface area (Å²) in [5.74, 6) is 0. The largest absolute Gasteiger partial charge is 0.344 e. The molecule has 0 aliphatic heterocycles. The van der Waals surface area contributed by atoms with Crippen molar-refractivity contribution in [2.24, 2.45) is 0 Å². The number of allylic oxidation sites excluding steroid dienone is 1. The van der Waals surface area contributed by atoms with E-state index in [4.69, 9.17) is 9.05 Å². The zero-order valence-electron chi connectivity index (χ0n) is 10.8. The molecule has 0 spiro atoms. The lowest BCUT2D eigenvalue weighted by Gasteiger charge is -2.28.